The Morgan fingerprint density at radius 2 is 1.91 bits per heavy atom. The van der Waals surface area contributed by atoms with Crippen LogP contribution in [0.5, 0.6) is 5.75 Å². The van der Waals surface area contributed by atoms with Crippen molar-refractivity contribution < 1.29 is 29.7 Å². The number of nitriles is 1. The first kappa shape index (κ1) is 24.5. The number of nitrogens with zero attached hydrogens (tertiary/aromatic N) is 4. The average molecular weight is 474 g/mol. The first-order valence-electron chi connectivity index (χ1n) is 10.2. The van der Waals surface area contributed by atoms with Crippen molar-refractivity contribution in [1.82, 2.24) is 4.57 Å². The molecule has 1 aliphatic heterocycles. The molecule has 13 heteroatoms. The first-order valence-corrected chi connectivity index (χ1v) is 10.2. The summed E-state index contributed by atoms with van der Waals surface area (Å²) >= 11 is 0. The third-order valence-corrected chi connectivity index (χ3v) is 5.59. The van der Waals surface area contributed by atoms with Gasteiger partial charge in [0.05, 0.1) is 17.7 Å². The smallest absolute Gasteiger partial charge is 0.294 e. The highest BCUT2D eigenvalue weighted by Crippen LogP contribution is 2.41. The lowest BCUT2D eigenvalue weighted by atomic mass is 9.85. The summed E-state index contributed by atoms with van der Waals surface area (Å²) in [6.45, 7) is 4.57. The second-order valence-electron chi connectivity index (χ2n) is 8.35. The Balaban J connectivity index is 1.98. The molecule has 180 valence electrons. The molecule has 0 saturated heterocycles. The summed E-state index contributed by atoms with van der Waals surface area (Å²) in [6, 6.07) is 8.52. The van der Waals surface area contributed by atoms with Gasteiger partial charge in [0.15, 0.2) is 0 Å². The highest BCUT2D eigenvalue weighted by Gasteiger charge is 2.44. The van der Waals surface area contributed by atoms with Crippen LogP contribution in [0.2, 0.25) is 0 Å². The van der Waals surface area contributed by atoms with Crippen molar-refractivity contribution in [2.45, 2.75) is 57.1 Å². The maximum absolute atomic E-state index is 13.0. The zero-order valence-corrected chi connectivity index (χ0v) is 18.5. The molecule has 1 aromatic heterocycles. The molecule has 1 aliphatic rings. The maximum atomic E-state index is 13.0. The van der Waals surface area contributed by atoms with Gasteiger partial charge in [-0.15, -0.1) is 20.2 Å². The molecule has 4 atom stereocenters. The fraction of sp³-hybridized carbons (Fsp3) is 0.429. The molecule has 0 fully saturated rings. The van der Waals surface area contributed by atoms with Gasteiger partial charge < -0.3 is 24.1 Å². The number of hydrogen-bond donors (Lipinski definition) is 1. The number of benzene rings is 1. The van der Waals surface area contributed by atoms with Crippen LogP contribution in [0, 0.1) is 31.6 Å². The van der Waals surface area contributed by atoms with Gasteiger partial charge in [0, 0.05) is 24.2 Å². The SMILES string of the molecule is CC(O[N+](=O)[O-])C(Cc1ccn(C2c3cc(C#N)ccc3OC(C)(C)C2O)c(=O)c1)O[N+](=O)[O-]. The number of aromatic nitrogens is 1. The summed E-state index contributed by atoms with van der Waals surface area (Å²) < 4.78 is 7.15. The molecular weight excluding hydrogens is 452 g/mol. The number of aliphatic hydroxyl groups is 1. The number of pyridine rings is 1. The molecule has 1 aromatic carbocycles. The second-order valence-corrected chi connectivity index (χ2v) is 8.35. The van der Waals surface area contributed by atoms with E-state index in [-0.39, 0.29) is 6.42 Å². The molecule has 1 N–H and O–H groups in total. The van der Waals surface area contributed by atoms with E-state index in [4.69, 9.17) is 4.74 Å². The maximum Gasteiger partial charge on any atom is 0.294 e. The molecule has 2 aromatic rings. The molecule has 4 unspecified atom stereocenters. The van der Waals surface area contributed by atoms with E-state index in [1.54, 1.807) is 26.0 Å². The Hall–Kier alpha value is -4.18. The van der Waals surface area contributed by atoms with E-state index in [1.165, 1.54) is 35.9 Å². The summed E-state index contributed by atoms with van der Waals surface area (Å²) in [7, 11) is 0. The Kier molecular flexibility index (Phi) is 6.73. The third kappa shape index (κ3) is 5.07. The molecular formula is C21H22N4O9. The number of ether oxygens (including phenoxy) is 1. The molecule has 3 rings (SSSR count). The van der Waals surface area contributed by atoms with E-state index in [1.807, 2.05) is 6.07 Å². The van der Waals surface area contributed by atoms with Crippen LogP contribution in [0.3, 0.4) is 0 Å². The number of aliphatic hydroxyl groups excluding tert-OH is 1. The summed E-state index contributed by atoms with van der Waals surface area (Å²) in [6.07, 6.45) is -2.60. The highest BCUT2D eigenvalue weighted by atomic mass is 17.0. The van der Waals surface area contributed by atoms with Crippen molar-refractivity contribution in [3.8, 4) is 11.8 Å². The summed E-state index contributed by atoms with van der Waals surface area (Å²) in [5, 5.41) is 39.5. The van der Waals surface area contributed by atoms with Gasteiger partial charge >= 0.3 is 0 Å². The molecule has 0 saturated carbocycles. The molecule has 0 bridgehead atoms. The van der Waals surface area contributed by atoms with Crippen molar-refractivity contribution in [1.29, 1.82) is 5.26 Å². The zero-order valence-electron chi connectivity index (χ0n) is 18.5. The van der Waals surface area contributed by atoms with Crippen molar-refractivity contribution in [3.63, 3.8) is 0 Å². The van der Waals surface area contributed by atoms with Gasteiger partial charge in [0.2, 0.25) is 0 Å². The zero-order chi connectivity index (χ0) is 25.2. The lowest BCUT2D eigenvalue weighted by Gasteiger charge is -2.42. The van der Waals surface area contributed by atoms with Crippen molar-refractivity contribution in [2.24, 2.45) is 0 Å². The van der Waals surface area contributed by atoms with Gasteiger partial charge in [0.1, 0.15) is 29.7 Å². The van der Waals surface area contributed by atoms with Crippen molar-refractivity contribution in [3.05, 3.63) is 83.8 Å². The van der Waals surface area contributed by atoms with Crippen molar-refractivity contribution in [2.75, 3.05) is 0 Å². The standard InChI is InChI=1S/C21H22N4O9/c1-12(33-24(28)29)17(34-25(30)31)9-13-6-7-23(18(26)10-13)19-15-8-14(11-22)4-5-16(15)32-21(2,3)20(19)27/h4-8,10,12,17,19-20,27H,9H2,1-3H3. The topological polar surface area (TPSA) is 180 Å². The van der Waals surface area contributed by atoms with E-state index in [2.05, 4.69) is 9.68 Å². The molecule has 0 aliphatic carbocycles. The van der Waals surface area contributed by atoms with Crippen LogP contribution in [-0.4, -0.2) is 43.8 Å². The molecule has 13 nitrogen and oxygen atoms in total. The number of rotatable bonds is 8. The molecule has 34 heavy (non-hydrogen) atoms. The van der Waals surface area contributed by atoms with Crippen LogP contribution in [-0.2, 0) is 16.1 Å². The van der Waals surface area contributed by atoms with Crippen LogP contribution in [0.15, 0.2) is 41.3 Å². The van der Waals surface area contributed by atoms with E-state index >= 15 is 0 Å². The van der Waals surface area contributed by atoms with Gasteiger partial charge in [-0.25, -0.2) is 0 Å². The fourth-order valence-corrected chi connectivity index (χ4v) is 3.86. The predicted molar refractivity (Wildman–Crippen MR) is 114 cm³/mol. The van der Waals surface area contributed by atoms with E-state index in [9.17, 15) is 35.4 Å². The quantitative estimate of drug-likeness (QED) is 0.435. The van der Waals surface area contributed by atoms with Gasteiger partial charge in [-0.2, -0.15) is 5.26 Å². The largest absolute Gasteiger partial charge is 0.485 e. The minimum Gasteiger partial charge on any atom is -0.485 e. The Morgan fingerprint density at radius 1 is 1.24 bits per heavy atom. The van der Waals surface area contributed by atoms with Crippen LogP contribution in [0.1, 0.15) is 43.5 Å². The van der Waals surface area contributed by atoms with E-state index in [0.29, 0.717) is 22.4 Å². The normalized spacial score (nSPS) is 20.1. The lowest BCUT2D eigenvalue weighted by Crippen LogP contribution is -2.52. The lowest BCUT2D eigenvalue weighted by molar-refractivity contribution is -0.798. The highest BCUT2D eigenvalue weighted by molar-refractivity contribution is 5.46. The molecule has 0 amide bonds. The van der Waals surface area contributed by atoms with Gasteiger partial charge in [-0.3, -0.25) is 4.79 Å². The Bertz CT molecular complexity index is 1200. The van der Waals surface area contributed by atoms with Gasteiger partial charge in [-0.1, -0.05) is 0 Å². The Morgan fingerprint density at radius 3 is 2.50 bits per heavy atom. The minimum absolute atomic E-state index is 0.219. The van der Waals surface area contributed by atoms with Gasteiger partial charge in [-0.05, 0) is 50.6 Å². The number of hydrogen-bond acceptors (Lipinski definition) is 10. The molecule has 0 spiro atoms. The molecule has 0 radical (unpaired) electrons. The summed E-state index contributed by atoms with van der Waals surface area (Å²) in [5.74, 6) is 0.417. The van der Waals surface area contributed by atoms with Crippen molar-refractivity contribution >= 4 is 0 Å². The summed E-state index contributed by atoms with van der Waals surface area (Å²) in [4.78, 5) is 43.3. The summed E-state index contributed by atoms with van der Waals surface area (Å²) in [5.41, 5.74) is -0.523. The van der Waals surface area contributed by atoms with Crippen LogP contribution < -0.4 is 10.3 Å². The Labute approximate surface area is 192 Å². The van der Waals surface area contributed by atoms with Gasteiger partial charge in [0.25, 0.3) is 15.7 Å². The first-order chi connectivity index (χ1) is 15.9. The van der Waals surface area contributed by atoms with Crippen LogP contribution in [0.4, 0.5) is 0 Å². The predicted octanol–water partition coefficient (Wildman–Crippen LogP) is 1.56. The fourth-order valence-electron chi connectivity index (χ4n) is 3.86. The third-order valence-electron chi connectivity index (χ3n) is 5.59. The van der Waals surface area contributed by atoms with Crippen LogP contribution >= 0.6 is 0 Å². The minimum atomic E-state index is -1.35. The van der Waals surface area contributed by atoms with E-state index in [0.717, 1.165) is 0 Å². The monoisotopic (exact) mass is 474 g/mol. The van der Waals surface area contributed by atoms with E-state index < -0.39 is 45.7 Å². The van der Waals surface area contributed by atoms with Crippen LogP contribution in [0.25, 0.3) is 0 Å². The average Bonchev–Trinajstić information content (AvgIpc) is 2.74. The number of fused-ring (bicyclic) bond motifs is 1. The molecule has 2 heterocycles. The second kappa shape index (κ2) is 9.36.